The molecule has 0 unspecified atom stereocenters. The fraction of sp³-hybridized carbons (Fsp3) is 0.429. The first-order valence-electron chi connectivity index (χ1n) is 7.17. The van der Waals surface area contributed by atoms with Gasteiger partial charge in [-0.2, -0.15) is 4.31 Å². The van der Waals surface area contributed by atoms with E-state index in [2.05, 4.69) is 5.32 Å². The molecular formula is C14H15FN2O5S. The third kappa shape index (κ3) is 2.70. The number of sulfonamides is 1. The van der Waals surface area contributed by atoms with Crippen LogP contribution in [0.3, 0.4) is 0 Å². The summed E-state index contributed by atoms with van der Waals surface area (Å²) in [6.45, 7) is 0.0482. The molecule has 1 atom stereocenters. The number of aryl methyl sites for hydroxylation is 1. The highest BCUT2D eigenvalue weighted by atomic mass is 32.2. The van der Waals surface area contributed by atoms with E-state index >= 15 is 0 Å². The van der Waals surface area contributed by atoms with E-state index in [0.717, 1.165) is 10.4 Å². The predicted molar refractivity (Wildman–Crippen MR) is 77.9 cm³/mol. The number of benzene rings is 1. The van der Waals surface area contributed by atoms with Gasteiger partial charge >= 0.3 is 5.97 Å². The quantitative estimate of drug-likeness (QED) is 0.851. The standard InChI is InChI=1S/C14H15FN2O5S/c15-9-7-10-8(3-4-13(18)16-10)6-12(9)23(21,22)17-5-1-2-11(17)14(19)20/h6-7,11H,1-5H2,(H,16,18)(H,19,20)/t11-/m1/s1. The van der Waals surface area contributed by atoms with Crippen molar-refractivity contribution in [1.29, 1.82) is 0 Å². The zero-order chi connectivity index (χ0) is 16.8. The second-order valence-corrected chi connectivity index (χ2v) is 7.46. The molecule has 0 spiro atoms. The Morgan fingerprint density at radius 2 is 2.09 bits per heavy atom. The van der Waals surface area contributed by atoms with E-state index in [4.69, 9.17) is 5.11 Å². The number of nitrogens with zero attached hydrogens (tertiary/aromatic N) is 1. The van der Waals surface area contributed by atoms with Crippen molar-refractivity contribution < 1.29 is 27.5 Å². The van der Waals surface area contributed by atoms with Crippen molar-refractivity contribution in [3.05, 3.63) is 23.5 Å². The number of halogens is 1. The number of hydrogen-bond acceptors (Lipinski definition) is 4. The van der Waals surface area contributed by atoms with Gasteiger partial charge in [0.05, 0.1) is 0 Å². The van der Waals surface area contributed by atoms with Crippen LogP contribution in [0.15, 0.2) is 17.0 Å². The van der Waals surface area contributed by atoms with Crippen LogP contribution in [0.1, 0.15) is 24.8 Å². The summed E-state index contributed by atoms with van der Waals surface area (Å²) in [5.74, 6) is -2.49. The highest BCUT2D eigenvalue weighted by Crippen LogP contribution is 2.32. The minimum atomic E-state index is -4.25. The Hall–Kier alpha value is -2.00. The summed E-state index contributed by atoms with van der Waals surface area (Å²) in [6.07, 6.45) is 1.13. The molecule has 0 aliphatic carbocycles. The Morgan fingerprint density at radius 1 is 1.35 bits per heavy atom. The first-order valence-corrected chi connectivity index (χ1v) is 8.61. The molecule has 0 saturated carbocycles. The molecule has 124 valence electrons. The summed E-state index contributed by atoms with van der Waals surface area (Å²) in [4.78, 5) is 22.0. The fourth-order valence-electron chi connectivity index (χ4n) is 2.98. The van der Waals surface area contributed by atoms with E-state index in [1.54, 1.807) is 0 Å². The van der Waals surface area contributed by atoms with Gasteiger partial charge in [-0.25, -0.2) is 12.8 Å². The summed E-state index contributed by atoms with van der Waals surface area (Å²) < 4.78 is 40.4. The summed E-state index contributed by atoms with van der Waals surface area (Å²) in [7, 11) is -4.25. The Kier molecular flexibility index (Phi) is 3.85. The lowest BCUT2D eigenvalue weighted by Crippen LogP contribution is -2.40. The van der Waals surface area contributed by atoms with Crippen LogP contribution in [0.4, 0.5) is 10.1 Å². The predicted octanol–water partition coefficient (Wildman–Crippen LogP) is 0.948. The minimum Gasteiger partial charge on any atom is -0.480 e. The van der Waals surface area contributed by atoms with Crippen LogP contribution in [0.5, 0.6) is 0 Å². The van der Waals surface area contributed by atoms with E-state index in [-0.39, 0.29) is 31.0 Å². The lowest BCUT2D eigenvalue weighted by atomic mass is 10.0. The van der Waals surface area contributed by atoms with Crippen LogP contribution in [0.2, 0.25) is 0 Å². The van der Waals surface area contributed by atoms with E-state index in [0.29, 0.717) is 18.4 Å². The molecule has 23 heavy (non-hydrogen) atoms. The number of carboxylic acid groups (broad SMARTS) is 1. The molecule has 0 aromatic heterocycles. The van der Waals surface area contributed by atoms with Gasteiger partial charge in [0.1, 0.15) is 16.8 Å². The van der Waals surface area contributed by atoms with Crippen LogP contribution in [-0.2, 0) is 26.0 Å². The molecule has 3 rings (SSSR count). The average Bonchev–Trinajstić information content (AvgIpc) is 2.96. The van der Waals surface area contributed by atoms with Crippen LogP contribution in [0, 0.1) is 5.82 Å². The zero-order valence-electron chi connectivity index (χ0n) is 12.1. The van der Waals surface area contributed by atoms with Crippen LogP contribution < -0.4 is 5.32 Å². The van der Waals surface area contributed by atoms with Gasteiger partial charge in [-0.1, -0.05) is 0 Å². The highest BCUT2D eigenvalue weighted by molar-refractivity contribution is 7.89. The second-order valence-electron chi connectivity index (χ2n) is 5.60. The summed E-state index contributed by atoms with van der Waals surface area (Å²) in [5, 5.41) is 11.6. The Bertz CT molecular complexity index is 793. The van der Waals surface area contributed by atoms with Gasteiger partial charge in [0.25, 0.3) is 0 Å². The van der Waals surface area contributed by atoms with Crippen molar-refractivity contribution in [3.63, 3.8) is 0 Å². The van der Waals surface area contributed by atoms with Crippen LogP contribution in [0.25, 0.3) is 0 Å². The Balaban J connectivity index is 2.04. The van der Waals surface area contributed by atoms with E-state index in [1.807, 2.05) is 0 Å². The molecule has 2 aliphatic rings. The van der Waals surface area contributed by atoms with Crippen LogP contribution >= 0.6 is 0 Å². The van der Waals surface area contributed by atoms with Crippen molar-refractivity contribution in [2.24, 2.45) is 0 Å². The second kappa shape index (κ2) is 5.57. The number of nitrogens with one attached hydrogen (secondary N) is 1. The number of fused-ring (bicyclic) bond motifs is 1. The lowest BCUT2D eigenvalue weighted by Gasteiger charge is -2.23. The number of rotatable bonds is 3. The fourth-order valence-corrected chi connectivity index (χ4v) is 4.73. The molecule has 1 amide bonds. The van der Waals surface area contributed by atoms with Crippen molar-refractivity contribution in [2.75, 3.05) is 11.9 Å². The summed E-state index contributed by atoms with van der Waals surface area (Å²) >= 11 is 0. The van der Waals surface area contributed by atoms with E-state index in [9.17, 15) is 22.4 Å². The third-order valence-electron chi connectivity index (χ3n) is 4.13. The highest BCUT2D eigenvalue weighted by Gasteiger charge is 2.41. The largest absolute Gasteiger partial charge is 0.480 e. The van der Waals surface area contributed by atoms with Gasteiger partial charge in [0.15, 0.2) is 0 Å². The Morgan fingerprint density at radius 3 is 2.78 bits per heavy atom. The smallest absolute Gasteiger partial charge is 0.322 e. The van der Waals surface area contributed by atoms with Gasteiger partial charge in [0, 0.05) is 18.7 Å². The van der Waals surface area contributed by atoms with Crippen molar-refractivity contribution in [2.45, 2.75) is 36.6 Å². The number of carbonyl (C=O) groups excluding carboxylic acids is 1. The SMILES string of the molecule is O=C1CCc2cc(S(=O)(=O)N3CCC[C@@H]3C(=O)O)c(F)cc2N1. The third-order valence-corrected chi connectivity index (χ3v) is 6.05. The van der Waals surface area contributed by atoms with Gasteiger partial charge in [-0.15, -0.1) is 0 Å². The molecule has 1 aromatic carbocycles. The molecule has 1 fully saturated rings. The first kappa shape index (κ1) is 15.9. The number of aliphatic carboxylic acids is 1. The number of carbonyl (C=O) groups is 2. The molecule has 2 heterocycles. The van der Waals surface area contributed by atoms with E-state index < -0.39 is 32.7 Å². The van der Waals surface area contributed by atoms with Gasteiger partial charge in [-0.05, 0) is 37.0 Å². The molecular weight excluding hydrogens is 327 g/mol. The number of amides is 1. The molecule has 1 aromatic rings. The Labute approximate surface area is 132 Å². The normalized spacial score (nSPS) is 21.8. The molecule has 1 saturated heterocycles. The topological polar surface area (TPSA) is 104 Å². The van der Waals surface area contributed by atoms with Gasteiger partial charge in [-0.3, -0.25) is 9.59 Å². The lowest BCUT2D eigenvalue weighted by molar-refractivity contribution is -0.140. The summed E-state index contributed by atoms with van der Waals surface area (Å²) in [5.41, 5.74) is 0.782. The number of hydrogen-bond donors (Lipinski definition) is 2. The maximum absolute atomic E-state index is 14.3. The van der Waals surface area contributed by atoms with E-state index in [1.165, 1.54) is 6.07 Å². The molecule has 0 bridgehead atoms. The average molecular weight is 342 g/mol. The molecule has 7 nitrogen and oxygen atoms in total. The first-order chi connectivity index (χ1) is 10.8. The summed E-state index contributed by atoms with van der Waals surface area (Å²) in [6, 6.07) is 0.997. The van der Waals surface area contributed by atoms with Gasteiger partial charge in [0.2, 0.25) is 15.9 Å². The van der Waals surface area contributed by atoms with Crippen LogP contribution in [-0.4, -0.2) is 42.3 Å². The minimum absolute atomic E-state index is 0.0482. The maximum atomic E-state index is 14.3. The number of anilines is 1. The molecule has 2 aliphatic heterocycles. The van der Waals surface area contributed by atoms with Crippen molar-refractivity contribution >= 4 is 27.6 Å². The molecule has 9 heteroatoms. The molecule has 2 N–H and O–H groups in total. The maximum Gasteiger partial charge on any atom is 0.322 e. The monoisotopic (exact) mass is 342 g/mol. The number of carboxylic acids is 1. The van der Waals surface area contributed by atoms with Gasteiger partial charge < -0.3 is 10.4 Å². The zero-order valence-corrected chi connectivity index (χ0v) is 12.9. The van der Waals surface area contributed by atoms with Crippen molar-refractivity contribution in [1.82, 2.24) is 4.31 Å². The molecule has 0 radical (unpaired) electrons. The van der Waals surface area contributed by atoms with Crippen molar-refractivity contribution in [3.8, 4) is 0 Å².